The van der Waals surface area contributed by atoms with Gasteiger partial charge >= 0.3 is 0 Å². The van der Waals surface area contributed by atoms with E-state index in [2.05, 4.69) is 79.9 Å². The van der Waals surface area contributed by atoms with Gasteiger partial charge in [-0.15, -0.1) is 0 Å². The highest BCUT2D eigenvalue weighted by atomic mass is 16.7. The van der Waals surface area contributed by atoms with Crippen LogP contribution in [0.1, 0.15) is 303 Å². The quantitative estimate of drug-likeness (QED) is 0.0204. The Bertz CT molecular complexity index is 1770. The zero-order chi connectivity index (χ0) is 64.5. The number of amides is 1. The molecule has 12 atom stereocenters. The lowest BCUT2D eigenvalue weighted by Crippen LogP contribution is -2.65. The molecule has 2 aliphatic rings. The molecule has 0 aliphatic carbocycles. The minimum absolute atomic E-state index is 0.246. The molecule has 0 spiro atoms. The number of carbonyl (C=O) groups excluding carboxylic acids is 1. The van der Waals surface area contributed by atoms with Gasteiger partial charge < -0.3 is 65.1 Å². The molecule has 2 aliphatic heterocycles. The normalized spacial score (nSPS) is 23.4. The van der Waals surface area contributed by atoms with E-state index in [1.54, 1.807) is 6.08 Å². The zero-order valence-electron chi connectivity index (χ0n) is 56.4. The average molecular weight is 1260 g/mol. The van der Waals surface area contributed by atoms with Crippen LogP contribution < -0.4 is 5.32 Å². The molecule has 0 aromatic heterocycles. The Morgan fingerprint density at radius 1 is 0.416 bits per heavy atom. The van der Waals surface area contributed by atoms with Crippen LogP contribution in [0.25, 0.3) is 0 Å². The number of aliphatic hydroxyl groups is 8. The predicted molar refractivity (Wildman–Crippen MR) is 364 cm³/mol. The maximum Gasteiger partial charge on any atom is 0.220 e. The summed E-state index contributed by atoms with van der Waals surface area (Å²) in [5, 5.41) is 87.5. The summed E-state index contributed by atoms with van der Waals surface area (Å²) in [4.78, 5) is 13.3. The first-order valence-corrected chi connectivity index (χ1v) is 36.7. The lowest BCUT2D eigenvalue weighted by molar-refractivity contribution is -0.359. The number of aliphatic hydroxyl groups excluding tert-OH is 8. The van der Waals surface area contributed by atoms with E-state index in [0.29, 0.717) is 12.8 Å². The summed E-state index contributed by atoms with van der Waals surface area (Å²) in [7, 11) is 0. The minimum Gasteiger partial charge on any atom is -0.394 e. The molecular weight excluding hydrogens is 1120 g/mol. The first kappa shape index (κ1) is 82.5. The van der Waals surface area contributed by atoms with Crippen molar-refractivity contribution >= 4 is 5.91 Å². The second-order valence-corrected chi connectivity index (χ2v) is 25.7. The number of carbonyl (C=O) groups is 1. The van der Waals surface area contributed by atoms with Crippen LogP contribution in [0.5, 0.6) is 0 Å². The number of allylic oxidation sites excluding steroid dienone is 11. The van der Waals surface area contributed by atoms with Gasteiger partial charge in [0.2, 0.25) is 5.91 Å². The fourth-order valence-corrected chi connectivity index (χ4v) is 11.8. The third-order valence-corrected chi connectivity index (χ3v) is 17.6. The molecule has 2 fully saturated rings. The summed E-state index contributed by atoms with van der Waals surface area (Å²) in [6, 6.07) is -0.935. The highest BCUT2D eigenvalue weighted by Crippen LogP contribution is 2.30. The number of nitrogens with one attached hydrogen (secondary N) is 1. The molecular formula is C75H135NO13. The Morgan fingerprint density at radius 2 is 0.787 bits per heavy atom. The maximum atomic E-state index is 13.3. The van der Waals surface area contributed by atoms with Crippen molar-refractivity contribution < 1.29 is 64.6 Å². The second kappa shape index (κ2) is 59.2. The molecule has 2 heterocycles. The largest absolute Gasteiger partial charge is 0.394 e. The molecule has 0 radical (unpaired) electrons. The highest BCUT2D eigenvalue weighted by molar-refractivity contribution is 5.76. The minimum atomic E-state index is -1.79. The molecule has 14 nitrogen and oxygen atoms in total. The highest BCUT2D eigenvalue weighted by Gasteiger charge is 2.51. The van der Waals surface area contributed by atoms with Crippen LogP contribution in [0.2, 0.25) is 0 Å². The molecule has 14 heteroatoms. The third kappa shape index (κ3) is 43.1. The van der Waals surface area contributed by atoms with Gasteiger partial charge in [0.15, 0.2) is 12.6 Å². The number of hydrogen-bond acceptors (Lipinski definition) is 13. The summed E-state index contributed by atoms with van der Waals surface area (Å²) in [6.45, 7) is 2.71. The molecule has 0 saturated carbocycles. The smallest absolute Gasteiger partial charge is 0.220 e. The molecule has 2 rings (SSSR count). The number of unbranched alkanes of at least 4 members (excludes halogenated alkanes) is 37. The standard InChI is InChI=1S/C75H135NO13/c1-3-5-7-9-11-13-15-17-19-21-23-25-27-29-30-31-32-33-34-35-37-39-41-43-45-47-49-51-53-55-57-59-67(80)76-63(62-86-74-72(85)70(83)73(66(61-78)88-74)89-75-71(84)69(82)68(81)65(60-77)87-75)64(79)58-56-54-52-50-48-46-44-42-40-38-36-28-26-24-22-20-18-16-14-12-10-8-6-4-2/h5,7,11,13,17,19,23,25,48,50,56,58,63-66,68-75,77-79,81-85H,3-4,6,8-10,12,14-16,18,20-22,24,26-47,49,51-55,57,59-62H2,1-2H3,(H,76,80)/b7-5-,13-11-,19-17-,25-23-,50-48+,58-56+. The second-order valence-electron chi connectivity index (χ2n) is 25.7. The Kier molecular flexibility index (Phi) is 54.9. The maximum absolute atomic E-state index is 13.3. The summed E-state index contributed by atoms with van der Waals surface area (Å²) >= 11 is 0. The van der Waals surface area contributed by atoms with Crippen molar-refractivity contribution in [2.45, 2.75) is 376 Å². The van der Waals surface area contributed by atoms with Gasteiger partial charge in [-0.2, -0.15) is 0 Å². The van der Waals surface area contributed by atoms with E-state index in [9.17, 15) is 45.6 Å². The molecule has 2 saturated heterocycles. The van der Waals surface area contributed by atoms with Crippen LogP contribution in [0.15, 0.2) is 72.9 Å². The fourth-order valence-electron chi connectivity index (χ4n) is 11.8. The van der Waals surface area contributed by atoms with Gasteiger partial charge in [0, 0.05) is 6.42 Å². The van der Waals surface area contributed by atoms with Crippen LogP contribution in [-0.2, 0) is 23.7 Å². The molecule has 12 unspecified atom stereocenters. The van der Waals surface area contributed by atoms with Crippen molar-refractivity contribution in [3.05, 3.63) is 72.9 Å². The molecule has 9 N–H and O–H groups in total. The van der Waals surface area contributed by atoms with Gasteiger partial charge in [0.1, 0.15) is 48.8 Å². The number of hydrogen-bond donors (Lipinski definition) is 9. The van der Waals surface area contributed by atoms with Gasteiger partial charge in [-0.1, -0.05) is 299 Å². The lowest BCUT2D eigenvalue weighted by atomic mass is 9.97. The Hall–Kier alpha value is -2.57. The summed E-state index contributed by atoms with van der Waals surface area (Å²) < 4.78 is 22.9. The topological polar surface area (TPSA) is 228 Å². The Labute approximate surface area is 542 Å². The van der Waals surface area contributed by atoms with E-state index in [1.165, 1.54) is 212 Å². The van der Waals surface area contributed by atoms with Gasteiger partial charge in [-0.25, -0.2) is 0 Å². The zero-order valence-corrected chi connectivity index (χ0v) is 56.4. The SMILES string of the molecule is CC/C=C\C/C=C\C/C=C\C/C=C\CCCCCCCCCCCCCCCCCCCCC(=O)NC(COC1OC(CO)C(OC2OC(CO)C(O)C(O)C2O)C(O)C1O)C(O)/C=C/CC/C=C/CCCCCCCCCCCCCCCCCCCC. The van der Waals surface area contributed by atoms with E-state index in [0.717, 1.165) is 57.8 Å². The lowest BCUT2D eigenvalue weighted by Gasteiger charge is -2.46. The van der Waals surface area contributed by atoms with Crippen LogP contribution in [0, 0.1) is 0 Å². The van der Waals surface area contributed by atoms with E-state index in [1.807, 2.05) is 6.08 Å². The van der Waals surface area contributed by atoms with Crippen LogP contribution in [0.3, 0.4) is 0 Å². The van der Waals surface area contributed by atoms with Gasteiger partial charge in [-0.3, -0.25) is 4.79 Å². The first-order chi connectivity index (χ1) is 43.6. The monoisotopic (exact) mass is 1260 g/mol. The van der Waals surface area contributed by atoms with Crippen molar-refractivity contribution in [2.75, 3.05) is 19.8 Å². The van der Waals surface area contributed by atoms with Crippen LogP contribution in [0.4, 0.5) is 0 Å². The first-order valence-electron chi connectivity index (χ1n) is 36.7. The number of rotatable bonds is 60. The van der Waals surface area contributed by atoms with Crippen LogP contribution >= 0.6 is 0 Å². The van der Waals surface area contributed by atoms with Crippen molar-refractivity contribution in [1.29, 1.82) is 0 Å². The van der Waals surface area contributed by atoms with Crippen molar-refractivity contribution in [3.8, 4) is 0 Å². The fraction of sp³-hybridized carbons (Fsp3) is 0.827. The Morgan fingerprint density at radius 3 is 1.24 bits per heavy atom. The summed E-state index contributed by atoms with van der Waals surface area (Å²) in [5.74, 6) is -0.246. The van der Waals surface area contributed by atoms with Crippen molar-refractivity contribution in [3.63, 3.8) is 0 Å². The van der Waals surface area contributed by atoms with Gasteiger partial charge in [0.25, 0.3) is 0 Å². The van der Waals surface area contributed by atoms with E-state index < -0.39 is 86.8 Å². The van der Waals surface area contributed by atoms with Gasteiger partial charge in [-0.05, 0) is 70.6 Å². The molecule has 0 bridgehead atoms. The van der Waals surface area contributed by atoms with E-state index in [-0.39, 0.29) is 18.9 Å². The molecule has 1 amide bonds. The summed E-state index contributed by atoms with van der Waals surface area (Å²) in [6.07, 6.45) is 63.9. The molecule has 0 aromatic carbocycles. The van der Waals surface area contributed by atoms with Crippen LogP contribution in [-0.4, -0.2) is 140 Å². The summed E-state index contributed by atoms with van der Waals surface area (Å²) in [5.41, 5.74) is 0. The van der Waals surface area contributed by atoms with Gasteiger partial charge in [0.05, 0.1) is 32.0 Å². The predicted octanol–water partition coefficient (Wildman–Crippen LogP) is 15.4. The van der Waals surface area contributed by atoms with Crippen molar-refractivity contribution in [1.82, 2.24) is 5.32 Å². The van der Waals surface area contributed by atoms with E-state index >= 15 is 0 Å². The van der Waals surface area contributed by atoms with E-state index in [4.69, 9.17) is 18.9 Å². The molecule has 89 heavy (non-hydrogen) atoms. The third-order valence-electron chi connectivity index (χ3n) is 17.6. The Balaban J connectivity index is 1.66. The molecule has 518 valence electrons. The number of ether oxygens (including phenoxy) is 4. The molecule has 0 aromatic rings. The van der Waals surface area contributed by atoms with Crippen molar-refractivity contribution in [2.24, 2.45) is 0 Å². The average Bonchev–Trinajstić information content (AvgIpc) is 2.53.